The summed E-state index contributed by atoms with van der Waals surface area (Å²) in [7, 11) is 0. The van der Waals surface area contributed by atoms with Gasteiger partial charge in [0.2, 0.25) is 0 Å². The van der Waals surface area contributed by atoms with Gasteiger partial charge in [-0.25, -0.2) is 4.79 Å². The summed E-state index contributed by atoms with van der Waals surface area (Å²) >= 11 is 0. The second kappa shape index (κ2) is 7.40. The third kappa shape index (κ3) is 5.69. The first-order chi connectivity index (χ1) is 10.8. The van der Waals surface area contributed by atoms with E-state index >= 15 is 0 Å². The van der Waals surface area contributed by atoms with E-state index in [1.54, 1.807) is 26.8 Å². The van der Waals surface area contributed by atoms with Crippen LogP contribution in [0.1, 0.15) is 58.8 Å². The number of rotatable bonds is 4. The molecular weight excluding hydrogens is 310 g/mol. The van der Waals surface area contributed by atoms with Gasteiger partial charge in [0.15, 0.2) is 0 Å². The first-order valence-electron chi connectivity index (χ1n) is 7.96. The maximum atomic E-state index is 12.5. The van der Waals surface area contributed by atoms with E-state index < -0.39 is 23.3 Å². The first-order valence-corrected chi connectivity index (χ1v) is 7.96. The fourth-order valence-corrected chi connectivity index (χ4v) is 2.16. The minimum atomic E-state index is -0.970. The number of phenols is 1. The number of hydrogen-bond acceptors (Lipinski definition) is 5. The van der Waals surface area contributed by atoms with Gasteiger partial charge in [0.05, 0.1) is 19.3 Å². The number of benzene rings is 1. The van der Waals surface area contributed by atoms with Crippen LogP contribution in [-0.4, -0.2) is 44.0 Å². The molecule has 0 unspecified atom stereocenters. The molecule has 0 radical (unpaired) electrons. The molecule has 3 N–H and O–H groups in total. The number of ether oxygens (including phenoxy) is 1. The minimum absolute atomic E-state index is 0.0340. The van der Waals surface area contributed by atoms with E-state index in [0.29, 0.717) is 11.1 Å². The zero-order valence-electron chi connectivity index (χ0n) is 15.3. The fraction of sp³-hybridized carbons (Fsp3) is 0.611. The van der Waals surface area contributed by atoms with Crippen molar-refractivity contribution in [3.63, 3.8) is 0 Å². The molecule has 0 saturated heterocycles. The van der Waals surface area contributed by atoms with Gasteiger partial charge in [0.25, 0.3) is 0 Å². The molecule has 0 bridgehead atoms. The Morgan fingerprint density at radius 3 is 2.25 bits per heavy atom. The van der Waals surface area contributed by atoms with Gasteiger partial charge in [0.1, 0.15) is 11.4 Å². The Hall–Kier alpha value is -1.79. The van der Waals surface area contributed by atoms with Crippen LogP contribution in [0.5, 0.6) is 5.75 Å². The number of aliphatic hydroxyl groups is 2. The molecule has 1 atom stereocenters. The zero-order valence-corrected chi connectivity index (χ0v) is 15.3. The van der Waals surface area contributed by atoms with Crippen LogP contribution < -0.4 is 0 Å². The number of amides is 1. The molecule has 0 spiro atoms. The lowest BCUT2D eigenvalue weighted by atomic mass is 10.0. The average molecular weight is 339 g/mol. The molecule has 1 rings (SSSR count). The largest absolute Gasteiger partial charge is 0.508 e. The normalized spacial score (nSPS) is 13.5. The highest BCUT2D eigenvalue weighted by molar-refractivity contribution is 5.69. The van der Waals surface area contributed by atoms with Crippen LogP contribution in [0.3, 0.4) is 0 Å². The quantitative estimate of drug-likeness (QED) is 0.784. The van der Waals surface area contributed by atoms with E-state index in [0.717, 1.165) is 0 Å². The van der Waals surface area contributed by atoms with Crippen LogP contribution in [0, 0.1) is 0 Å². The number of aliphatic hydroxyl groups excluding tert-OH is 2. The molecule has 0 fully saturated rings. The summed E-state index contributed by atoms with van der Waals surface area (Å²) in [6.07, 6.45) is -1.47. The number of carbonyl (C=O) groups is 1. The van der Waals surface area contributed by atoms with Crippen LogP contribution >= 0.6 is 0 Å². The van der Waals surface area contributed by atoms with Gasteiger partial charge in [-0.15, -0.1) is 0 Å². The van der Waals surface area contributed by atoms with Gasteiger partial charge in [-0.2, -0.15) is 0 Å². The predicted octanol–water partition coefficient (Wildman–Crippen LogP) is 2.95. The lowest BCUT2D eigenvalue weighted by Gasteiger charge is -2.38. The van der Waals surface area contributed by atoms with Crippen molar-refractivity contribution in [1.82, 2.24) is 4.90 Å². The Labute approximate surface area is 143 Å². The van der Waals surface area contributed by atoms with E-state index in [1.807, 2.05) is 20.8 Å². The summed E-state index contributed by atoms with van der Waals surface area (Å²) in [5, 5.41) is 29.3. The summed E-state index contributed by atoms with van der Waals surface area (Å²) in [6.45, 7) is 10.6. The van der Waals surface area contributed by atoms with E-state index in [4.69, 9.17) is 4.74 Å². The van der Waals surface area contributed by atoms with Crippen molar-refractivity contribution >= 4 is 6.09 Å². The van der Waals surface area contributed by atoms with Crippen molar-refractivity contribution in [1.29, 1.82) is 0 Å². The van der Waals surface area contributed by atoms with Gasteiger partial charge in [-0.05, 0) is 59.2 Å². The molecule has 24 heavy (non-hydrogen) atoms. The molecule has 0 aliphatic carbocycles. The van der Waals surface area contributed by atoms with Gasteiger partial charge in [-0.3, -0.25) is 0 Å². The van der Waals surface area contributed by atoms with E-state index in [9.17, 15) is 20.1 Å². The summed E-state index contributed by atoms with van der Waals surface area (Å²) in [5.74, 6) is -0.0340. The van der Waals surface area contributed by atoms with Crippen LogP contribution in [0.15, 0.2) is 18.2 Å². The molecular formula is C18H29NO5. The molecule has 6 nitrogen and oxygen atoms in total. The molecule has 0 aliphatic heterocycles. The van der Waals surface area contributed by atoms with Crippen LogP contribution in [0.4, 0.5) is 4.79 Å². The molecule has 0 heterocycles. The van der Waals surface area contributed by atoms with Crippen molar-refractivity contribution in [2.45, 2.75) is 65.4 Å². The number of hydrogen-bond donors (Lipinski definition) is 3. The SMILES string of the molecule is CC(C)(C)OC(=O)N(C[C@H](O)c1ccc(O)c(CO)c1)C(C)(C)C. The van der Waals surface area contributed by atoms with E-state index in [-0.39, 0.29) is 18.9 Å². The second-order valence-electron chi connectivity index (χ2n) is 7.82. The maximum absolute atomic E-state index is 12.5. The number of nitrogens with zero attached hydrogens (tertiary/aromatic N) is 1. The van der Waals surface area contributed by atoms with E-state index in [2.05, 4.69) is 0 Å². The van der Waals surface area contributed by atoms with Gasteiger partial charge in [-0.1, -0.05) is 6.07 Å². The lowest BCUT2D eigenvalue weighted by Crippen LogP contribution is -2.49. The number of β-amino-alcohol motifs (C(OH)–C–C–N with tert-alkyl or cyclic N) is 1. The predicted molar refractivity (Wildman–Crippen MR) is 91.7 cm³/mol. The average Bonchev–Trinajstić information content (AvgIpc) is 2.41. The zero-order chi connectivity index (χ0) is 18.7. The topological polar surface area (TPSA) is 90.2 Å². The van der Waals surface area contributed by atoms with Gasteiger partial charge < -0.3 is 25.0 Å². The number of carbonyl (C=O) groups excluding carboxylic acids is 1. The van der Waals surface area contributed by atoms with Gasteiger partial charge in [0, 0.05) is 11.1 Å². The first kappa shape index (κ1) is 20.3. The highest BCUT2D eigenvalue weighted by atomic mass is 16.6. The molecule has 0 aromatic heterocycles. The Kier molecular flexibility index (Phi) is 6.25. The Bertz CT molecular complexity index is 572. The molecule has 1 aromatic carbocycles. The summed E-state index contributed by atoms with van der Waals surface area (Å²) in [6, 6.07) is 4.50. The second-order valence-corrected chi connectivity index (χ2v) is 7.82. The van der Waals surface area contributed by atoms with Crippen LogP contribution in [0.25, 0.3) is 0 Å². The molecule has 1 amide bonds. The third-order valence-electron chi connectivity index (χ3n) is 3.44. The van der Waals surface area contributed by atoms with Crippen molar-refractivity contribution in [2.24, 2.45) is 0 Å². The van der Waals surface area contributed by atoms with Crippen LogP contribution in [-0.2, 0) is 11.3 Å². The summed E-state index contributed by atoms with van der Waals surface area (Å²) in [5.41, 5.74) is -0.338. The smallest absolute Gasteiger partial charge is 0.410 e. The molecule has 0 aliphatic rings. The Balaban J connectivity index is 3.00. The van der Waals surface area contributed by atoms with Gasteiger partial charge >= 0.3 is 6.09 Å². The van der Waals surface area contributed by atoms with Crippen molar-refractivity contribution in [3.05, 3.63) is 29.3 Å². The Morgan fingerprint density at radius 1 is 1.21 bits per heavy atom. The van der Waals surface area contributed by atoms with Crippen molar-refractivity contribution in [3.8, 4) is 5.75 Å². The van der Waals surface area contributed by atoms with Crippen molar-refractivity contribution in [2.75, 3.05) is 6.54 Å². The minimum Gasteiger partial charge on any atom is -0.508 e. The number of aromatic hydroxyl groups is 1. The monoisotopic (exact) mass is 339 g/mol. The molecule has 136 valence electrons. The van der Waals surface area contributed by atoms with Crippen molar-refractivity contribution < 1.29 is 24.9 Å². The fourth-order valence-electron chi connectivity index (χ4n) is 2.16. The third-order valence-corrected chi connectivity index (χ3v) is 3.44. The highest BCUT2D eigenvalue weighted by Crippen LogP contribution is 2.26. The molecule has 0 saturated carbocycles. The molecule has 1 aromatic rings. The lowest BCUT2D eigenvalue weighted by molar-refractivity contribution is -0.00784. The van der Waals surface area contributed by atoms with E-state index in [1.165, 1.54) is 17.0 Å². The highest BCUT2D eigenvalue weighted by Gasteiger charge is 2.32. The standard InChI is InChI=1S/C18H29NO5/c1-17(2,3)19(16(23)24-18(4,5)6)10-15(22)12-7-8-14(21)13(9-12)11-20/h7-9,15,20-22H,10-11H2,1-6H3/t15-/m0/s1. The summed E-state index contributed by atoms with van der Waals surface area (Å²) < 4.78 is 5.42. The Morgan fingerprint density at radius 2 is 1.79 bits per heavy atom. The summed E-state index contributed by atoms with van der Waals surface area (Å²) in [4.78, 5) is 13.9. The molecule has 6 heteroatoms. The maximum Gasteiger partial charge on any atom is 0.410 e. The van der Waals surface area contributed by atoms with Crippen LogP contribution in [0.2, 0.25) is 0 Å².